The highest BCUT2D eigenvalue weighted by molar-refractivity contribution is 5.79. The summed E-state index contributed by atoms with van der Waals surface area (Å²) >= 11 is 0. The molecule has 1 saturated carbocycles. The van der Waals surface area contributed by atoms with E-state index in [1.54, 1.807) is 0 Å². The first kappa shape index (κ1) is 17.0. The minimum atomic E-state index is -0.811. The molecule has 0 aliphatic heterocycles. The van der Waals surface area contributed by atoms with Crippen LogP contribution in [0.1, 0.15) is 71.6 Å². The van der Waals surface area contributed by atoms with Gasteiger partial charge in [0.25, 0.3) is 0 Å². The number of carbonyl (C=O) groups excluding carboxylic acids is 1. The molecule has 1 amide bonds. The number of rotatable bonds is 9. The Labute approximate surface area is 122 Å². The minimum absolute atomic E-state index is 0.00415. The second-order valence-electron chi connectivity index (χ2n) is 6.11. The molecule has 0 radical (unpaired) electrons. The molecule has 1 aliphatic carbocycles. The third-order valence-electron chi connectivity index (χ3n) is 4.92. The average molecular weight is 283 g/mol. The molecule has 116 valence electrons. The van der Waals surface area contributed by atoms with Gasteiger partial charge in [0.05, 0.1) is 5.41 Å². The Hall–Kier alpha value is -1.06. The third kappa shape index (κ3) is 4.80. The van der Waals surface area contributed by atoms with Gasteiger partial charge >= 0.3 is 5.97 Å². The van der Waals surface area contributed by atoms with Gasteiger partial charge in [-0.3, -0.25) is 9.59 Å². The Kier molecular flexibility index (Phi) is 7.03. The lowest BCUT2D eigenvalue weighted by Gasteiger charge is -2.26. The Morgan fingerprint density at radius 2 is 1.80 bits per heavy atom. The van der Waals surface area contributed by atoms with Crippen LogP contribution in [0.15, 0.2) is 0 Å². The maximum absolute atomic E-state index is 11.8. The zero-order chi connectivity index (χ0) is 15.0. The van der Waals surface area contributed by atoms with E-state index >= 15 is 0 Å². The largest absolute Gasteiger partial charge is 0.481 e. The smallest absolute Gasteiger partial charge is 0.311 e. The summed E-state index contributed by atoms with van der Waals surface area (Å²) < 4.78 is 0. The Morgan fingerprint density at radius 3 is 2.30 bits per heavy atom. The number of nitrogens with one attached hydrogen (secondary N) is 1. The molecule has 0 aromatic heterocycles. The highest BCUT2D eigenvalue weighted by Crippen LogP contribution is 2.29. The van der Waals surface area contributed by atoms with Crippen molar-refractivity contribution < 1.29 is 14.7 Å². The summed E-state index contributed by atoms with van der Waals surface area (Å²) in [5.41, 5.74) is -0.804. The highest BCUT2D eigenvalue weighted by Gasteiger charge is 2.34. The fourth-order valence-corrected chi connectivity index (χ4v) is 3.08. The summed E-state index contributed by atoms with van der Waals surface area (Å²) in [7, 11) is 0. The van der Waals surface area contributed by atoms with E-state index in [0.29, 0.717) is 19.3 Å². The molecule has 0 saturated heterocycles. The van der Waals surface area contributed by atoms with E-state index < -0.39 is 11.4 Å². The van der Waals surface area contributed by atoms with Crippen LogP contribution in [0, 0.1) is 11.3 Å². The van der Waals surface area contributed by atoms with Gasteiger partial charge in [-0.25, -0.2) is 0 Å². The minimum Gasteiger partial charge on any atom is -0.481 e. The lowest BCUT2D eigenvalue weighted by Crippen LogP contribution is -2.42. The molecule has 0 spiro atoms. The van der Waals surface area contributed by atoms with Gasteiger partial charge in [0.1, 0.15) is 0 Å². The second kappa shape index (κ2) is 8.28. The number of amides is 1. The summed E-state index contributed by atoms with van der Waals surface area (Å²) in [6.07, 6.45) is 8.98. The topological polar surface area (TPSA) is 66.4 Å². The van der Waals surface area contributed by atoms with Gasteiger partial charge in [-0.15, -0.1) is 0 Å². The normalized spacial score (nSPS) is 16.3. The van der Waals surface area contributed by atoms with Crippen LogP contribution in [0.2, 0.25) is 0 Å². The summed E-state index contributed by atoms with van der Waals surface area (Å²) in [5, 5.41) is 12.1. The second-order valence-corrected chi connectivity index (χ2v) is 6.11. The highest BCUT2D eigenvalue weighted by atomic mass is 16.4. The van der Waals surface area contributed by atoms with Crippen LogP contribution in [0.5, 0.6) is 0 Å². The molecule has 4 heteroatoms. The van der Waals surface area contributed by atoms with Crippen LogP contribution >= 0.6 is 0 Å². The first-order valence-electron chi connectivity index (χ1n) is 8.04. The maximum atomic E-state index is 11.8. The van der Waals surface area contributed by atoms with E-state index in [-0.39, 0.29) is 12.5 Å². The van der Waals surface area contributed by atoms with E-state index in [1.165, 1.54) is 25.7 Å². The number of carboxylic acids is 1. The van der Waals surface area contributed by atoms with E-state index in [0.717, 1.165) is 18.8 Å². The SMILES string of the molecule is CCC(CC)(CNC(=O)CCCC1CCCC1)C(=O)O. The fraction of sp³-hybridized carbons (Fsp3) is 0.875. The van der Waals surface area contributed by atoms with E-state index in [1.807, 2.05) is 13.8 Å². The van der Waals surface area contributed by atoms with Gasteiger partial charge in [0.2, 0.25) is 5.91 Å². The molecule has 0 atom stereocenters. The van der Waals surface area contributed by atoms with Crippen molar-refractivity contribution in [1.82, 2.24) is 5.32 Å². The predicted molar refractivity (Wildman–Crippen MR) is 79.5 cm³/mol. The number of hydrogen-bond acceptors (Lipinski definition) is 2. The molecule has 1 rings (SSSR count). The van der Waals surface area contributed by atoms with Crippen molar-refractivity contribution in [2.75, 3.05) is 6.54 Å². The van der Waals surface area contributed by atoms with Gasteiger partial charge in [-0.2, -0.15) is 0 Å². The summed E-state index contributed by atoms with van der Waals surface area (Å²) in [4.78, 5) is 23.1. The number of hydrogen-bond donors (Lipinski definition) is 2. The van der Waals surface area contributed by atoms with Gasteiger partial charge in [-0.05, 0) is 31.6 Å². The molecule has 0 unspecified atom stereocenters. The van der Waals surface area contributed by atoms with Crippen molar-refractivity contribution in [3.05, 3.63) is 0 Å². The standard InChI is InChI=1S/C16H29NO3/c1-3-16(4-2,15(19)20)12-17-14(18)11-7-10-13-8-5-6-9-13/h13H,3-12H2,1-2H3,(H,17,18)(H,19,20). The zero-order valence-electron chi connectivity index (χ0n) is 12.9. The van der Waals surface area contributed by atoms with Crippen LogP contribution in [0.4, 0.5) is 0 Å². The van der Waals surface area contributed by atoms with E-state index in [9.17, 15) is 14.7 Å². The van der Waals surface area contributed by atoms with E-state index in [2.05, 4.69) is 5.32 Å². The molecule has 1 fully saturated rings. The Morgan fingerprint density at radius 1 is 1.20 bits per heavy atom. The quantitative estimate of drug-likeness (QED) is 0.682. The fourth-order valence-electron chi connectivity index (χ4n) is 3.08. The van der Waals surface area contributed by atoms with Crippen LogP contribution in [-0.2, 0) is 9.59 Å². The molecule has 4 nitrogen and oxygen atoms in total. The van der Waals surface area contributed by atoms with Gasteiger partial charge in [-0.1, -0.05) is 39.5 Å². The number of carboxylic acid groups (broad SMARTS) is 1. The monoisotopic (exact) mass is 283 g/mol. The molecule has 0 aromatic carbocycles. The van der Waals surface area contributed by atoms with Crippen LogP contribution in [0.3, 0.4) is 0 Å². The van der Waals surface area contributed by atoms with Gasteiger partial charge in [0.15, 0.2) is 0 Å². The molecule has 2 N–H and O–H groups in total. The summed E-state index contributed by atoms with van der Waals surface area (Å²) in [5.74, 6) is -0.00327. The molecule has 1 aliphatic rings. The molecular weight excluding hydrogens is 254 g/mol. The summed E-state index contributed by atoms with van der Waals surface area (Å²) in [6.45, 7) is 3.98. The van der Waals surface area contributed by atoms with E-state index in [4.69, 9.17) is 0 Å². The van der Waals surface area contributed by atoms with Crippen molar-refractivity contribution in [1.29, 1.82) is 0 Å². The van der Waals surface area contributed by atoms with Crippen LogP contribution < -0.4 is 5.32 Å². The van der Waals surface area contributed by atoms with Crippen molar-refractivity contribution >= 4 is 11.9 Å². The van der Waals surface area contributed by atoms with Crippen molar-refractivity contribution in [3.63, 3.8) is 0 Å². The van der Waals surface area contributed by atoms with Crippen molar-refractivity contribution in [2.24, 2.45) is 11.3 Å². The molecule has 20 heavy (non-hydrogen) atoms. The Bertz CT molecular complexity index is 318. The molecule has 0 aromatic rings. The first-order chi connectivity index (χ1) is 9.54. The third-order valence-corrected chi connectivity index (χ3v) is 4.92. The summed E-state index contributed by atoms with van der Waals surface area (Å²) in [6, 6.07) is 0. The lowest BCUT2D eigenvalue weighted by molar-refractivity contribution is -0.149. The molecule has 0 heterocycles. The number of carbonyl (C=O) groups is 2. The van der Waals surface area contributed by atoms with Crippen molar-refractivity contribution in [3.8, 4) is 0 Å². The molecule has 0 bridgehead atoms. The maximum Gasteiger partial charge on any atom is 0.311 e. The van der Waals surface area contributed by atoms with Crippen LogP contribution in [0.25, 0.3) is 0 Å². The van der Waals surface area contributed by atoms with Gasteiger partial charge in [0, 0.05) is 13.0 Å². The predicted octanol–water partition coefficient (Wildman–Crippen LogP) is 3.35. The zero-order valence-corrected chi connectivity index (χ0v) is 12.9. The van der Waals surface area contributed by atoms with Crippen molar-refractivity contribution in [2.45, 2.75) is 71.6 Å². The first-order valence-corrected chi connectivity index (χ1v) is 8.04. The molecular formula is C16H29NO3. The number of aliphatic carboxylic acids is 1. The van der Waals surface area contributed by atoms with Crippen LogP contribution in [-0.4, -0.2) is 23.5 Å². The van der Waals surface area contributed by atoms with Gasteiger partial charge < -0.3 is 10.4 Å². The average Bonchev–Trinajstić information content (AvgIpc) is 2.93. The Balaban J connectivity index is 2.25. The lowest BCUT2D eigenvalue weighted by atomic mass is 9.82.